The van der Waals surface area contributed by atoms with Crippen molar-refractivity contribution in [3.63, 3.8) is 0 Å². The Hall–Kier alpha value is -1.04. The van der Waals surface area contributed by atoms with Gasteiger partial charge in [-0.2, -0.15) is 0 Å². The predicted octanol–water partition coefficient (Wildman–Crippen LogP) is 3.52. The lowest BCUT2D eigenvalue weighted by Crippen LogP contribution is -1.85. The van der Waals surface area contributed by atoms with Gasteiger partial charge < -0.3 is 0 Å². The van der Waals surface area contributed by atoms with Crippen LogP contribution in [-0.4, -0.2) is 0 Å². The molecule has 0 aliphatic heterocycles. The third-order valence-corrected chi connectivity index (χ3v) is 3.09. The molecule has 0 bridgehead atoms. The molecule has 13 heavy (non-hydrogen) atoms. The van der Waals surface area contributed by atoms with Crippen LogP contribution in [0.25, 0.3) is 6.08 Å². The van der Waals surface area contributed by atoms with E-state index in [9.17, 15) is 0 Å². The second kappa shape index (κ2) is 2.47. The van der Waals surface area contributed by atoms with Gasteiger partial charge in [-0.25, -0.2) is 0 Å². The number of fused-ring (bicyclic) bond motifs is 1. The lowest BCUT2D eigenvalue weighted by atomic mass is 10.0. The van der Waals surface area contributed by atoms with Crippen LogP contribution in [-0.2, 0) is 6.42 Å². The Bertz CT molecular complexity index is 381. The molecule has 0 atom stereocenters. The van der Waals surface area contributed by atoms with E-state index in [-0.39, 0.29) is 0 Å². The highest BCUT2D eigenvalue weighted by Crippen LogP contribution is 2.41. The van der Waals surface area contributed by atoms with Gasteiger partial charge in [-0.15, -0.1) is 0 Å². The molecule has 0 N–H and O–H groups in total. The van der Waals surface area contributed by atoms with Crippen LogP contribution in [0.5, 0.6) is 0 Å². The summed E-state index contributed by atoms with van der Waals surface area (Å²) in [7, 11) is 0. The molecule has 0 heteroatoms. The maximum Gasteiger partial charge on any atom is -0.00606 e. The van der Waals surface area contributed by atoms with Gasteiger partial charge in [-0.1, -0.05) is 29.8 Å². The van der Waals surface area contributed by atoms with Crippen molar-refractivity contribution in [2.45, 2.75) is 32.1 Å². The number of allylic oxidation sites excluding steroid dienone is 1. The molecule has 2 aliphatic rings. The van der Waals surface area contributed by atoms with Crippen molar-refractivity contribution in [1.29, 1.82) is 0 Å². The number of hydrogen-bond donors (Lipinski definition) is 0. The minimum atomic E-state index is 0.889. The van der Waals surface area contributed by atoms with Crippen molar-refractivity contribution < 1.29 is 0 Å². The molecule has 1 aromatic rings. The Balaban J connectivity index is 2.05. The molecule has 3 rings (SSSR count). The van der Waals surface area contributed by atoms with Gasteiger partial charge in [0.25, 0.3) is 0 Å². The van der Waals surface area contributed by atoms with E-state index in [1.807, 2.05) is 0 Å². The molecule has 0 spiro atoms. The molecular formula is C13H14. The van der Waals surface area contributed by atoms with Crippen LogP contribution >= 0.6 is 0 Å². The molecule has 0 radical (unpaired) electrons. The summed E-state index contributed by atoms with van der Waals surface area (Å²) in [6.07, 6.45) is 6.31. The fourth-order valence-electron chi connectivity index (χ4n) is 2.20. The van der Waals surface area contributed by atoms with Gasteiger partial charge in [0.15, 0.2) is 0 Å². The molecule has 0 saturated heterocycles. The molecule has 66 valence electrons. The van der Waals surface area contributed by atoms with Gasteiger partial charge in [-0.3, -0.25) is 0 Å². The molecule has 0 aromatic heterocycles. The minimum absolute atomic E-state index is 0.889. The van der Waals surface area contributed by atoms with Gasteiger partial charge in [0, 0.05) is 0 Å². The zero-order chi connectivity index (χ0) is 8.84. The minimum Gasteiger partial charge on any atom is -0.0683 e. The lowest BCUT2D eigenvalue weighted by Gasteiger charge is -2.02. The summed E-state index contributed by atoms with van der Waals surface area (Å²) in [5, 5.41) is 0. The SMILES string of the molecule is CC1=Cc2cc(C3CC3)ccc2C1. The predicted molar refractivity (Wildman–Crippen MR) is 55.8 cm³/mol. The van der Waals surface area contributed by atoms with E-state index >= 15 is 0 Å². The molecule has 0 heterocycles. The first-order valence-electron chi connectivity index (χ1n) is 5.13. The quantitative estimate of drug-likeness (QED) is 0.605. The first kappa shape index (κ1) is 7.37. The van der Waals surface area contributed by atoms with Gasteiger partial charge in [0.05, 0.1) is 0 Å². The van der Waals surface area contributed by atoms with Crippen LogP contribution in [0.1, 0.15) is 42.4 Å². The maximum absolute atomic E-state index is 2.39. The number of hydrogen-bond acceptors (Lipinski definition) is 0. The molecule has 1 saturated carbocycles. The van der Waals surface area contributed by atoms with Crippen LogP contribution in [0.3, 0.4) is 0 Å². The van der Waals surface area contributed by atoms with E-state index in [1.165, 1.54) is 36.0 Å². The van der Waals surface area contributed by atoms with Gasteiger partial charge in [0.2, 0.25) is 0 Å². The van der Waals surface area contributed by atoms with E-state index in [0.29, 0.717) is 0 Å². The molecule has 0 unspecified atom stereocenters. The van der Waals surface area contributed by atoms with Gasteiger partial charge in [0.1, 0.15) is 0 Å². The van der Waals surface area contributed by atoms with E-state index in [2.05, 4.69) is 31.2 Å². The zero-order valence-corrected chi connectivity index (χ0v) is 8.01. The first-order valence-corrected chi connectivity index (χ1v) is 5.13. The fraction of sp³-hybridized carbons (Fsp3) is 0.385. The van der Waals surface area contributed by atoms with Crippen molar-refractivity contribution in [1.82, 2.24) is 0 Å². The normalized spacial score (nSPS) is 19.9. The third-order valence-electron chi connectivity index (χ3n) is 3.09. The monoisotopic (exact) mass is 170 g/mol. The molecule has 1 fully saturated rings. The topological polar surface area (TPSA) is 0 Å². The Labute approximate surface area is 79.3 Å². The molecule has 0 nitrogen and oxygen atoms in total. The first-order chi connectivity index (χ1) is 6.33. The van der Waals surface area contributed by atoms with Crippen molar-refractivity contribution in [2.75, 3.05) is 0 Å². The molecule has 1 aromatic carbocycles. The largest absolute Gasteiger partial charge is 0.0683 e. The van der Waals surface area contributed by atoms with Crippen molar-refractivity contribution in [3.8, 4) is 0 Å². The summed E-state index contributed by atoms with van der Waals surface area (Å²) < 4.78 is 0. The van der Waals surface area contributed by atoms with E-state index in [1.54, 1.807) is 5.56 Å². The second-order valence-electron chi connectivity index (χ2n) is 4.40. The fourth-order valence-corrected chi connectivity index (χ4v) is 2.20. The van der Waals surface area contributed by atoms with Crippen molar-refractivity contribution in [3.05, 3.63) is 40.5 Å². The summed E-state index contributed by atoms with van der Waals surface area (Å²) in [6.45, 7) is 2.22. The Morgan fingerprint density at radius 2 is 2.08 bits per heavy atom. The standard InChI is InChI=1S/C13H14/c1-9-6-11-4-5-12(10-2-3-10)8-13(11)7-9/h4-5,7-8,10H,2-3,6H2,1H3. The highest BCUT2D eigenvalue weighted by molar-refractivity contribution is 5.64. The average Bonchev–Trinajstić information content (AvgIpc) is 2.87. The Kier molecular flexibility index (Phi) is 1.40. The van der Waals surface area contributed by atoms with Crippen LogP contribution in [0, 0.1) is 0 Å². The summed E-state index contributed by atoms with van der Waals surface area (Å²) in [5.41, 5.74) is 6.05. The highest BCUT2D eigenvalue weighted by Gasteiger charge is 2.24. The maximum atomic E-state index is 2.39. The lowest BCUT2D eigenvalue weighted by molar-refractivity contribution is 1.11. The number of rotatable bonds is 1. The molecular weight excluding hydrogens is 156 g/mol. The number of benzene rings is 1. The van der Waals surface area contributed by atoms with Crippen LogP contribution < -0.4 is 0 Å². The second-order valence-corrected chi connectivity index (χ2v) is 4.40. The van der Waals surface area contributed by atoms with Crippen molar-refractivity contribution in [2.24, 2.45) is 0 Å². The smallest absolute Gasteiger partial charge is 0.00606 e. The highest BCUT2D eigenvalue weighted by atomic mass is 14.3. The molecule has 2 aliphatic carbocycles. The third kappa shape index (κ3) is 1.21. The van der Waals surface area contributed by atoms with E-state index in [4.69, 9.17) is 0 Å². The summed E-state index contributed by atoms with van der Waals surface area (Å²) >= 11 is 0. The summed E-state index contributed by atoms with van der Waals surface area (Å²) in [6, 6.07) is 7.03. The Morgan fingerprint density at radius 3 is 2.85 bits per heavy atom. The van der Waals surface area contributed by atoms with E-state index < -0.39 is 0 Å². The van der Waals surface area contributed by atoms with Crippen LogP contribution in [0.4, 0.5) is 0 Å². The molecule has 0 amide bonds. The van der Waals surface area contributed by atoms with Gasteiger partial charge in [-0.05, 0) is 48.8 Å². The average molecular weight is 170 g/mol. The van der Waals surface area contributed by atoms with Gasteiger partial charge >= 0.3 is 0 Å². The Morgan fingerprint density at radius 1 is 1.23 bits per heavy atom. The van der Waals surface area contributed by atoms with Crippen LogP contribution in [0.2, 0.25) is 0 Å². The summed E-state index contributed by atoms with van der Waals surface area (Å²) in [5.74, 6) is 0.889. The van der Waals surface area contributed by atoms with Crippen molar-refractivity contribution >= 4 is 6.08 Å². The van der Waals surface area contributed by atoms with Crippen LogP contribution in [0.15, 0.2) is 23.8 Å². The zero-order valence-electron chi connectivity index (χ0n) is 8.01. The van der Waals surface area contributed by atoms with E-state index in [0.717, 1.165) is 5.92 Å². The summed E-state index contributed by atoms with van der Waals surface area (Å²) in [4.78, 5) is 0.